The largest absolute Gasteiger partial charge is 0.448 e. The van der Waals surface area contributed by atoms with Crippen molar-refractivity contribution in [2.24, 2.45) is 0 Å². The molecule has 27 heavy (non-hydrogen) atoms. The van der Waals surface area contributed by atoms with E-state index >= 15 is 0 Å². The minimum atomic E-state index is -0.432. The second-order valence-corrected chi connectivity index (χ2v) is 6.68. The van der Waals surface area contributed by atoms with Gasteiger partial charge in [-0.2, -0.15) is 0 Å². The summed E-state index contributed by atoms with van der Waals surface area (Å²) in [6, 6.07) is 24.4. The van der Waals surface area contributed by atoms with Gasteiger partial charge in [0.15, 0.2) is 0 Å². The van der Waals surface area contributed by atoms with Gasteiger partial charge in [-0.1, -0.05) is 60.7 Å². The lowest BCUT2D eigenvalue weighted by Crippen LogP contribution is -2.18. The van der Waals surface area contributed by atoms with E-state index in [0.29, 0.717) is 6.61 Å². The third-order valence-corrected chi connectivity index (χ3v) is 4.92. The predicted octanol–water partition coefficient (Wildman–Crippen LogP) is 4.77. The lowest BCUT2D eigenvalue weighted by molar-refractivity contribution is 0.158. The van der Waals surface area contributed by atoms with Crippen molar-refractivity contribution in [1.29, 1.82) is 0 Å². The van der Waals surface area contributed by atoms with Crippen molar-refractivity contribution in [2.45, 2.75) is 12.5 Å². The molecule has 1 aliphatic rings. The Bertz CT molecular complexity index is 905. The van der Waals surface area contributed by atoms with Crippen molar-refractivity contribution in [3.8, 4) is 11.1 Å². The SMILES string of the molecule is CNCc1ccc(NC(=O)OCC2c3ccccc3-c3ccccc32)cc1. The number of rotatable bonds is 5. The Labute approximate surface area is 159 Å². The Balaban J connectivity index is 1.43. The number of nitrogens with one attached hydrogen (secondary N) is 2. The summed E-state index contributed by atoms with van der Waals surface area (Å²) in [5.74, 6) is 0.0705. The molecule has 0 fully saturated rings. The zero-order valence-electron chi connectivity index (χ0n) is 15.2. The Morgan fingerprint density at radius 2 is 1.48 bits per heavy atom. The van der Waals surface area contributed by atoms with Gasteiger partial charge in [-0.15, -0.1) is 0 Å². The lowest BCUT2D eigenvalue weighted by Gasteiger charge is -2.14. The Morgan fingerprint density at radius 3 is 2.07 bits per heavy atom. The third-order valence-electron chi connectivity index (χ3n) is 4.92. The van der Waals surface area contributed by atoms with Crippen molar-refractivity contribution in [3.05, 3.63) is 89.5 Å². The highest BCUT2D eigenvalue weighted by atomic mass is 16.5. The molecule has 0 radical (unpaired) electrons. The molecular weight excluding hydrogens is 336 g/mol. The number of amides is 1. The average Bonchev–Trinajstić information content (AvgIpc) is 3.02. The van der Waals surface area contributed by atoms with E-state index in [2.05, 4.69) is 34.9 Å². The van der Waals surface area contributed by atoms with Crippen LogP contribution in [0.4, 0.5) is 10.5 Å². The number of hydrogen-bond acceptors (Lipinski definition) is 3. The summed E-state index contributed by atoms with van der Waals surface area (Å²) in [5, 5.41) is 5.90. The first-order valence-corrected chi connectivity index (χ1v) is 9.12. The van der Waals surface area contributed by atoms with Crippen molar-refractivity contribution in [2.75, 3.05) is 19.0 Å². The average molecular weight is 358 g/mol. The zero-order chi connectivity index (χ0) is 18.6. The van der Waals surface area contributed by atoms with Gasteiger partial charge in [0.25, 0.3) is 0 Å². The number of hydrogen-bond donors (Lipinski definition) is 2. The normalized spacial score (nSPS) is 12.3. The summed E-state index contributed by atoms with van der Waals surface area (Å²) >= 11 is 0. The van der Waals surface area contributed by atoms with Crippen LogP contribution in [0.25, 0.3) is 11.1 Å². The molecule has 0 saturated heterocycles. The molecule has 2 N–H and O–H groups in total. The second-order valence-electron chi connectivity index (χ2n) is 6.68. The molecule has 136 valence electrons. The molecule has 3 aromatic rings. The maximum absolute atomic E-state index is 12.3. The van der Waals surface area contributed by atoms with Gasteiger partial charge >= 0.3 is 6.09 Å². The molecule has 0 atom stereocenters. The lowest BCUT2D eigenvalue weighted by atomic mass is 9.98. The molecule has 0 aliphatic heterocycles. The molecule has 3 aromatic carbocycles. The van der Waals surface area contributed by atoms with Gasteiger partial charge in [0.1, 0.15) is 6.61 Å². The van der Waals surface area contributed by atoms with Crippen molar-refractivity contribution >= 4 is 11.8 Å². The summed E-state index contributed by atoms with van der Waals surface area (Å²) in [6.45, 7) is 1.11. The summed E-state index contributed by atoms with van der Waals surface area (Å²) in [7, 11) is 1.91. The van der Waals surface area contributed by atoms with Crippen LogP contribution < -0.4 is 10.6 Å². The van der Waals surface area contributed by atoms with Crippen LogP contribution in [0.1, 0.15) is 22.6 Å². The highest BCUT2D eigenvalue weighted by Gasteiger charge is 2.28. The molecule has 1 aliphatic carbocycles. The standard InChI is InChI=1S/C23H22N2O2/c1-24-14-16-10-12-17(13-11-16)25-23(26)27-15-22-20-8-4-2-6-18(20)19-7-3-5-9-21(19)22/h2-13,22,24H,14-15H2,1H3,(H,25,26). The zero-order valence-corrected chi connectivity index (χ0v) is 15.2. The van der Waals surface area contributed by atoms with Gasteiger partial charge in [0.05, 0.1) is 0 Å². The van der Waals surface area contributed by atoms with Crippen LogP contribution >= 0.6 is 0 Å². The Hall–Kier alpha value is -3.11. The van der Waals surface area contributed by atoms with E-state index in [1.807, 2.05) is 55.6 Å². The Morgan fingerprint density at radius 1 is 0.889 bits per heavy atom. The van der Waals surface area contributed by atoms with Crippen LogP contribution in [-0.2, 0) is 11.3 Å². The quantitative estimate of drug-likeness (QED) is 0.691. The van der Waals surface area contributed by atoms with E-state index < -0.39 is 6.09 Å². The minimum absolute atomic E-state index is 0.0705. The molecule has 0 bridgehead atoms. The number of fused-ring (bicyclic) bond motifs is 3. The highest BCUT2D eigenvalue weighted by molar-refractivity contribution is 5.85. The number of carbonyl (C=O) groups is 1. The fourth-order valence-electron chi connectivity index (χ4n) is 3.66. The predicted molar refractivity (Wildman–Crippen MR) is 108 cm³/mol. The molecule has 4 heteroatoms. The Kier molecular flexibility index (Phi) is 4.90. The third kappa shape index (κ3) is 3.57. The van der Waals surface area contributed by atoms with Crippen LogP contribution in [0.2, 0.25) is 0 Å². The molecule has 0 heterocycles. The molecular formula is C23H22N2O2. The van der Waals surface area contributed by atoms with Gasteiger partial charge in [-0.05, 0) is 47.0 Å². The van der Waals surface area contributed by atoms with Crippen molar-refractivity contribution in [1.82, 2.24) is 5.32 Å². The molecule has 4 rings (SSSR count). The minimum Gasteiger partial charge on any atom is -0.448 e. The smallest absolute Gasteiger partial charge is 0.411 e. The number of anilines is 1. The first kappa shape index (κ1) is 17.3. The molecule has 0 spiro atoms. The highest BCUT2D eigenvalue weighted by Crippen LogP contribution is 2.44. The molecule has 0 aromatic heterocycles. The fourth-order valence-corrected chi connectivity index (χ4v) is 3.66. The van der Waals surface area contributed by atoms with E-state index in [1.54, 1.807) is 0 Å². The molecule has 0 saturated carbocycles. The fraction of sp³-hybridized carbons (Fsp3) is 0.174. The van der Waals surface area contributed by atoms with Gasteiger partial charge in [0, 0.05) is 18.2 Å². The van der Waals surface area contributed by atoms with E-state index in [-0.39, 0.29) is 5.92 Å². The summed E-state index contributed by atoms with van der Waals surface area (Å²) in [6.07, 6.45) is -0.432. The summed E-state index contributed by atoms with van der Waals surface area (Å²) < 4.78 is 5.56. The molecule has 0 unspecified atom stereocenters. The topological polar surface area (TPSA) is 50.4 Å². The number of ether oxygens (including phenoxy) is 1. The van der Waals surface area contributed by atoms with Crippen molar-refractivity contribution in [3.63, 3.8) is 0 Å². The molecule has 1 amide bonds. The number of carbonyl (C=O) groups excluding carboxylic acids is 1. The number of benzene rings is 3. The monoisotopic (exact) mass is 358 g/mol. The van der Waals surface area contributed by atoms with Gasteiger partial charge in [0.2, 0.25) is 0 Å². The first-order valence-electron chi connectivity index (χ1n) is 9.12. The van der Waals surface area contributed by atoms with Gasteiger partial charge in [-0.3, -0.25) is 5.32 Å². The van der Waals surface area contributed by atoms with Crippen LogP contribution in [0, 0.1) is 0 Å². The van der Waals surface area contributed by atoms with Crippen molar-refractivity contribution < 1.29 is 9.53 Å². The van der Waals surface area contributed by atoms with Crippen LogP contribution in [0.3, 0.4) is 0 Å². The second kappa shape index (κ2) is 7.64. The summed E-state index contributed by atoms with van der Waals surface area (Å²) in [5.41, 5.74) is 6.76. The van der Waals surface area contributed by atoms with Crippen LogP contribution in [0.5, 0.6) is 0 Å². The van der Waals surface area contributed by atoms with Gasteiger partial charge in [-0.25, -0.2) is 4.79 Å². The van der Waals surface area contributed by atoms with E-state index in [9.17, 15) is 4.79 Å². The van der Waals surface area contributed by atoms with Crippen LogP contribution in [-0.4, -0.2) is 19.7 Å². The maximum Gasteiger partial charge on any atom is 0.411 e. The molecule has 4 nitrogen and oxygen atoms in total. The van der Waals surface area contributed by atoms with E-state index in [4.69, 9.17) is 4.74 Å². The van der Waals surface area contributed by atoms with E-state index in [0.717, 1.165) is 17.8 Å². The van der Waals surface area contributed by atoms with E-state index in [1.165, 1.54) is 22.3 Å². The van der Waals surface area contributed by atoms with Crippen LogP contribution in [0.15, 0.2) is 72.8 Å². The first-order chi connectivity index (χ1) is 13.3. The summed E-state index contributed by atoms with van der Waals surface area (Å²) in [4.78, 5) is 12.3. The maximum atomic E-state index is 12.3. The van der Waals surface area contributed by atoms with Gasteiger partial charge < -0.3 is 10.1 Å².